The second-order valence-corrected chi connectivity index (χ2v) is 7.79. The van der Waals surface area contributed by atoms with E-state index in [2.05, 4.69) is 0 Å². The molecule has 12 heteroatoms. The first-order valence-corrected chi connectivity index (χ1v) is 9.53. The van der Waals surface area contributed by atoms with Gasteiger partial charge in [-0.3, -0.25) is 4.79 Å². The first kappa shape index (κ1) is 21.2. The Morgan fingerprint density at radius 2 is 1.56 bits per heavy atom. The summed E-state index contributed by atoms with van der Waals surface area (Å²) >= 11 is 1.19. The lowest BCUT2D eigenvalue weighted by molar-refractivity contribution is -0.293. The third-order valence-corrected chi connectivity index (χ3v) is 6.33. The average Bonchev–Trinajstić information content (AvgIpc) is 3.15. The van der Waals surface area contributed by atoms with Crippen LogP contribution < -0.4 is 0 Å². The molecule has 1 unspecified atom stereocenters. The van der Waals surface area contributed by atoms with E-state index >= 15 is 0 Å². The van der Waals surface area contributed by atoms with Gasteiger partial charge in [-0.05, 0) is 0 Å². The van der Waals surface area contributed by atoms with Crippen molar-refractivity contribution in [1.29, 1.82) is 0 Å². The zero-order valence-electron chi connectivity index (χ0n) is 14.8. The van der Waals surface area contributed by atoms with E-state index in [1.54, 1.807) is 0 Å². The van der Waals surface area contributed by atoms with Crippen molar-refractivity contribution in [2.75, 3.05) is 26.5 Å². The van der Waals surface area contributed by atoms with E-state index in [-0.39, 0.29) is 18.2 Å². The van der Waals surface area contributed by atoms with Crippen LogP contribution in [-0.2, 0) is 23.7 Å². The predicted molar refractivity (Wildman–Crippen MR) is 89.3 cm³/mol. The van der Waals surface area contributed by atoms with Crippen LogP contribution >= 0.6 is 11.8 Å². The normalized spacial score (nSPS) is 48.4. The van der Waals surface area contributed by atoms with Gasteiger partial charge in [0.1, 0.15) is 48.1 Å². The summed E-state index contributed by atoms with van der Waals surface area (Å²) < 4.78 is 21.0. The fourth-order valence-electron chi connectivity index (χ4n) is 3.51. The van der Waals surface area contributed by atoms with E-state index in [1.807, 2.05) is 0 Å². The summed E-state index contributed by atoms with van der Waals surface area (Å²) in [5, 5.41) is 49.6. The van der Waals surface area contributed by atoms with Crippen LogP contribution in [0.1, 0.15) is 0 Å². The lowest BCUT2D eigenvalue weighted by Gasteiger charge is -2.43. The molecule has 3 aliphatic heterocycles. The summed E-state index contributed by atoms with van der Waals surface area (Å²) in [6, 6.07) is 0. The Labute approximate surface area is 159 Å². The molecule has 0 bridgehead atoms. The first-order chi connectivity index (χ1) is 12.8. The van der Waals surface area contributed by atoms with Crippen LogP contribution in [0.3, 0.4) is 0 Å². The largest absolute Gasteiger partial charge is 0.387 e. The number of aliphatic hydroxyl groups is 5. The van der Waals surface area contributed by atoms with Crippen molar-refractivity contribution in [3.63, 3.8) is 0 Å². The maximum absolute atomic E-state index is 12.4. The number of carbonyl (C=O) groups excluding carboxylic acids is 1. The van der Waals surface area contributed by atoms with Crippen molar-refractivity contribution in [1.82, 2.24) is 4.90 Å². The predicted octanol–water partition coefficient (Wildman–Crippen LogP) is -3.56. The van der Waals surface area contributed by atoms with E-state index in [9.17, 15) is 30.3 Å². The van der Waals surface area contributed by atoms with E-state index in [0.29, 0.717) is 0 Å². The van der Waals surface area contributed by atoms with Crippen LogP contribution in [0.2, 0.25) is 0 Å². The maximum atomic E-state index is 12.4. The van der Waals surface area contributed by atoms with E-state index < -0.39 is 60.7 Å². The molecular weight excluding hydrogens is 386 g/mol. The van der Waals surface area contributed by atoms with Crippen LogP contribution in [0.4, 0.5) is 0 Å². The molecule has 0 saturated carbocycles. The molecule has 0 radical (unpaired) electrons. The number of hydrogen-bond acceptors (Lipinski definition) is 11. The molecule has 3 saturated heterocycles. The molecule has 3 heterocycles. The SMILES string of the molecule is CO[C@H]1OC([C@H]2SCC(=O)N2C[C@H]2O[C@@H](OC)[C@H](O)[C@@H]2O)[C@@H](O)[C@H](O)[C@H]1O. The minimum absolute atomic E-state index is 0.0720. The zero-order chi connectivity index (χ0) is 19.9. The molecule has 156 valence electrons. The van der Waals surface area contributed by atoms with Gasteiger partial charge >= 0.3 is 0 Å². The van der Waals surface area contributed by atoms with Gasteiger partial charge in [0.15, 0.2) is 12.6 Å². The summed E-state index contributed by atoms with van der Waals surface area (Å²) in [4.78, 5) is 13.7. The number of thioether (sulfide) groups is 1. The quantitative estimate of drug-likeness (QED) is 0.305. The van der Waals surface area contributed by atoms with Gasteiger partial charge < -0.3 is 49.4 Å². The number of ether oxygens (including phenoxy) is 4. The summed E-state index contributed by atoms with van der Waals surface area (Å²) in [6.07, 6.45) is -11.0. The third-order valence-electron chi connectivity index (χ3n) is 5.05. The number of aliphatic hydroxyl groups excluding tert-OH is 5. The van der Waals surface area contributed by atoms with Gasteiger partial charge in [0.25, 0.3) is 0 Å². The Bertz CT molecular complexity index is 539. The number of nitrogens with zero attached hydrogens (tertiary/aromatic N) is 1. The molecule has 0 aromatic rings. The smallest absolute Gasteiger partial charge is 0.233 e. The zero-order valence-corrected chi connectivity index (χ0v) is 15.6. The molecule has 0 aromatic carbocycles. The van der Waals surface area contributed by atoms with Gasteiger partial charge in [-0.15, -0.1) is 11.8 Å². The van der Waals surface area contributed by atoms with E-state index in [1.165, 1.54) is 30.9 Å². The van der Waals surface area contributed by atoms with Crippen LogP contribution in [0.15, 0.2) is 0 Å². The molecule has 0 spiro atoms. The minimum atomic E-state index is -1.51. The second-order valence-electron chi connectivity index (χ2n) is 6.68. The topological polar surface area (TPSA) is 158 Å². The van der Waals surface area contributed by atoms with Crippen molar-refractivity contribution in [2.45, 2.75) is 60.7 Å². The Kier molecular flexibility index (Phi) is 6.63. The Hall–Kier alpha value is -0.540. The maximum Gasteiger partial charge on any atom is 0.233 e. The average molecular weight is 411 g/mol. The molecule has 0 aromatic heterocycles. The highest BCUT2D eigenvalue weighted by Crippen LogP contribution is 2.36. The van der Waals surface area contributed by atoms with Crippen molar-refractivity contribution in [3.05, 3.63) is 0 Å². The molecule has 3 fully saturated rings. The minimum Gasteiger partial charge on any atom is -0.387 e. The molecular formula is C15H25NO10S. The van der Waals surface area contributed by atoms with Crippen molar-refractivity contribution in [2.24, 2.45) is 0 Å². The second kappa shape index (κ2) is 8.45. The first-order valence-electron chi connectivity index (χ1n) is 8.48. The Morgan fingerprint density at radius 3 is 2.15 bits per heavy atom. The molecule has 27 heavy (non-hydrogen) atoms. The Morgan fingerprint density at radius 1 is 0.963 bits per heavy atom. The van der Waals surface area contributed by atoms with Crippen LogP contribution in [-0.4, -0.2) is 124 Å². The van der Waals surface area contributed by atoms with Gasteiger partial charge in [-0.1, -0.05) is 0 Å². The van der Waals surface area contributed by atoms with Gasteiger partial charge in [0.2, 0.25) is 5.91 Å². The summed E-state index contributed by atoms with van der Waals surface area (Å²) in [6.45, 7) is -0.0720. The van der Waals surface area contributed by atoms with Crippen molar-refractivity contribution < 1.29 is 49.3 Å². The molecule has 11 nitrogen and oxygen atoms in total. The van der Waals surface area contributed by atoms with Gasteiger partial charge in [0, 0.05) is 14.2 Å². The molecule has 3 rings (SSSR count). The van der Waals surface area contributed by atoms with Gasteiger partial charge in [-0.25, -0.2) is 0 Å². The molecule has 1 amide bonds. The number of amides is 1. The summed E-state index contributed by atoms with van der Waals surface area (Å²) in [5.41, 5.74) is 0. The highest BCUT2D eigenvalue weighted by Gasteiger charge is 2.52. The van der Waals surface area contributed by atoms with Gasteiger partial charge in [-0.2, -0.15) is 0 Å². The fourth-order valence-corrected chi connectivity index (χ4v) is 4.79. The number of carbonyl (C=O) groups is 1. The van der Waals surface area contributed by atoms with Crippen LogP contribution in [0.5, 0.6) is 0 Å². The highest BCUT2D eigenvalue weighted by molar-refractivity contribution is 8.01. The fraction of sp³-hybridized carbons (Fsp3) is 0.933. The van der Waals surface area contributed by atoms with Crippen molar-refractivity contribution in [3.8, 4) is 0 Å². The van der Waals surface area contributed by atoms with E-state index in [4.69, 9.17) is 18.9 Å². The number of methoxy groups -OCH3 is 2. The highest BCUT2D eigenvalue weighted by atomic mass is 32.2. The van der Waals surface area contributed by atoms with Crippen molar-refractivity contribution >= 4 is 17.7 Å². The Balaban J connectivity index is 1.74. The lowest BCUT2D eigenvalue weighted by atomic mass is 9.98. The third kappa shape index (κ3) is 3.83. The molecule has 0 aliphatic carbocycles. The number of hydrogen-bond donors (Lipinski definition) is 5. The molecule has 5 N–H and O–H groups in total. The standard InChI is InChI=1S/C15H25NO10S/c1-23-14-10(21)7(18)5(25-14)3-16-6(17)4-27-13(16)12-9(20)8(19)11(22)15(24-2)26-12/h5,7-15,18-22H,3-4H2,1-2H3/t5-,7-,8+,9+,10-,11-,12?,13-,14-,15+/m1/s1. The monoisotopic (exact) mass is 411 g/mol. The summed E-state index contributed by atoms with van der Waals surface area (Å²) in [7, 11) is 2.61. The van der Waals surface area contributed by atoms with Crippen LogP contribution in [0.25, 0.3) is 0 Å². The summed E-state index contributed by atoms with van der Waals surface area (Å²) in [5.74, 6) is -0.173. The molecule has 3 aliphatic rings. The number of rotatable bonds is 5. The van der Waals surface area contributed by atoms with Crippen LogP contribution in [0, 0.1) is 0 Å². The molecule has 10 atom stereocenters. The lowest BCUT2D eigenvalue weighted by Crippen LogP contribution is -2.63. The van der Waals surface area contributed by atoms with Gasteiger partial charge in [0.05, 0.1) is 12.3 Å². The van der Waals surface area contributed by atoms with E-state index in [0.717, 1.165) is 0 Å².